The lowest BCUT2D eigenvalue weighted by atomic mass is 10.1. The highest BCUT2D eigenvalue weighted by molar-refractivity contribution is 5.82. The number of amides is 1. The fraction of sp³-hybridized carbons (Fsp3) is 0.455. The second-order valence-electron chi connectivity index (χ2n) is 3.24. The van der Waals surface area contributed by atoms with E-state index >= 15 is 0 Å². The van der Waals surface area contributed by atoms with Gasteiger partial charge in [0.1, 0.15) is 6.04 Å². The van der Waals surface area contributed by atoms with Crippen LogP contribution in [0.5, 0.6) is 0 Å². The van der Waals surface area contributed by atoms with E-state index in [0.717, 1.165) is 0 Å². The molecule has 1 amide bonds. The molecule has 0 fully saturated rings. The minimum absolute atomic E-state index is 0.0706. The first-order valence-electron chi connectivity index (χ1n) is 5.16. The lowest BCUT2D eigenvalue weighted by Crippen LogP contribution is -2.38. The molecule has 1 atom stereocenters. The highest BCUT2D eigenvalue weighted by Crippen LogP contribution is 2.09. The van der Waals surface area contributed by atoms with Gasteiger partial charge in [-0.05, 0) is 26.0 Å². The van der Waals surface area contributed by atoms with E-state index in [4.69, 9.17) is 5.73 Å². The third-order valence-corrected chi connectivity index (χ3v) is 2.35. The van der Waals surface area contributed by atoms with Gasteiger partial charge in [0.2, 0.25) is 5.91 Å². The Balaban J connectivity index is 2.76. The fourth-order valence-corrected chi connectivity index (χ4v) is 1.42. The van der Waals surface area contributed by atoms with Gasteiger partial charge in [0, 0.05) is 19.3 Å². The van der Waals surface area contributed by atoms with Crippen molar-refractivity contribution < 1.29 is 4.79 Å². The maximum absolute atomic E-state index is 11.9. The van der Waals surface area contributed by atoms with Crippen LogP contribution in [0.25, 0.3) is 0 Å². The Morgan fingerprint density at radius 1 is 1.47 bits per heavy atom. The average molecular weight is 207 g/mol. The molecule has 15 heavy (non-hydrogen) atoms. The number of hydrogen-bond donors (Lipinski definition) is 1. The molecule has 0 spiro atoms. The fourth-order valence-electron chi connectivity index (χ4n) is 1.42. The van der Waals surface area contributed by atoms with Crippen LogP contribution in [0.2, 0.25) is 0 Å². The quantitative estimate of drug-likeness (QED) is 0.799. The molecule has 4 heteroatoms. The van der Waals surface area contributed by atoms with Gasteiger partial charge in [-0.1, -0.05) is 6.07 Å². The van der Waals surface area contributed by atoms with E-state index in [-0.39, 0.29) is 5.91 Å². The number of nitrogens with zero attached hydrogens (tertiary/aromatic N) is 2. The van der Waals surface area contributed by atoms with Crippen LogP contribution in [0.3, 0.4) is 0 Å². The number of pyridine rings is 1. The van der Waals surface area contributed by atoms with E-state index in [1.54, 1.807) is 23.2 Å². The van der Waals surface area contributed by atoms with Crippen LogP contribution in [0.4, 0.5) is 0 Å². The molecule has 1 unspecified atom stereocenters. The Morgan fingerprint density at radius 3 is 2.60 bits per heavy atom. The summed E-state index contributed by atoms with van der Waals surface area (Å²) in [6.45, 7) is 5.23. The molecule has 0 radical (unpaired) electrons. The van der Waals surface area contributed by atoms with Crippen LogP contribution in [0, 0.1) is 0 Å². The molecule has 2 N–H and O–H groups in total. The van der Waals surface area contributed by atoms with Gasteiger partial charge in [0.25, 0.3) is 0 Å². The molecule has 0 bridgehead atoms. The van der Waals surface area contributed by atoms with E-state index in [1.807, 2.05) is 19.9 Å². The molecule has 0 saturated heterocycles. The molecule has 82 valence electrons. The Bertz CT molecular complexity index is 309. The maximum atomic E-state index is 11.9. The molecular formula is C11H17N3O. The number of carbonyl (C=O) groups is 1. The summed E-state index contributed by atoms with van der Waals surface area (Å²) in [7, 11) is 0. The Morgan fingerprint density at radius 2 is 2.13 bits per heavy atom. The molecule has 1 heterocycles. The molecule has 0 aliphatic carbocycles. The van der Waals surface area contributed by atoms with E-state index in [0.29, 0.717) is 18.8 Å². The van der Waals surface area contributed by atoms with Crippen molar-refractivity contribution in [3.05, 3.63) is 30.1 Å². The Labute approximate surface area is 90.1 Å². The molecule has 4 nitrogen and oxygen atoms in total. The van der Waals surface area contributed by atoms with Gasteiger partial charge >= 0.3 is 0 Å². The summed E-state index contributed by atoms with van der Waals surface area (Å²) in [6, 6.07) is 4.76. The van der Waals surface area contributed by atoms with E-state index in [9.17, 15) is 4.79 Å². The zero-order valence-corrected chi connectivity index (χ0v) is 9.18. The van der Waals surface area contributed by atoms with Gasteiger partial charge in [-0.25, -0.2) is 0 Å². The minimum atomic E-state index is -0.647. The number of nitrogens with two attached hydrogens (primary N) is 1. The molecular weight excluding hydrogens is 190 g/mol. The molecule has 0 aromatic carbocycles. The Hall–Kier alpha value is -1.42. The maximum Gasteiger partial charge on any atom is 0.245 e. The second-order valence-corrected chi connectivity index (χ2v) is 3.24. The standard InChI is InChI=1S/C11H17N3O/c1-3-14(4-2)11(15)10(12)9-7-5-6-8-13-9/h5-8,10H,3-4,12H2,1-2H3. The normalized spacial score (nSPS) is 12.2. The number of carbonyl (C=O) groups excluding carboxylic acids is 1. The van der Waals surface area contributed by atoms with Crippen LogP contribution in [0.1, 0.15) is 25.6 Å². The number of aromatic nitrogens is 1. The SMILES string of the molecule is CCN(CC)C(=O)C(N)c1ccccn1. The van der Waals surface area contributed by atoms with Crippen LogP contribution in [-0.4, -0.2) is 28.9 Å². The highest BCUT2D eigenvalue weighted by Gasteiger charge is 2.20. The molecule has 1 aromatic rings. The third-order valence-electron chi connectivity index (χ3n) is 2.35. The van der Waals surface area contributed by atoms with Gasteiger partial charge in [-0.2, -0.15) is 0 Å². The van der Waals surface area contributed by atoms with Crippen LogP contribution in [-0.2, 0) is 4.79 Å². The molecule has 1 aromatic heterocycles. The first-order valence-corrected chi connectivity index (χ1v) is 5.16. The van der Waals surface area contributed by atoms with Gasteiger partial charge in [-0.3, -0.25) is 9.78 Å². The zero-order valence-electron chi connectivity index (χ0n) is 9.18. The van der Waals surface area contributed by atoms with Crippen molar-refractivity contribution >= 4 is 5.91 Å². The molecule has 0 saturated carbocycles. The van der Waals surface area contributed by atoms with Crippen LogP contribution >= 0.6 is 0 Å². The highest BCUT2D eigenvalue weighted by atomic mass is 16.2. The molecule has 0 aliphatic rings. The molecule has 0 aliphatic heterocycles. The van der Waals surface area contributed by atoms with Crippen LogP contribution in [0.15, 0.2) is 24.4 Å². The molecule has 1 rings (SSSR count). The summed E-state index contributed by atoms with van der Waals surface area (Å²) in [5.41, 5.74) is 6.46. The van der Waals surface area contributed by atoms with E-state index < -0.39 is 6.04 Å². The van der Waals surface area contributed by atoms with Crippen LogP contribution < -0.4 is 5.73 Å². The van der Waals surface area contributed by atoms with Crippen molar-refractivity contribution in [1.29, 1.82) is 0 Å². The van der Waals surface area contributed by atoms with Gasteiger partial charge in [-0.15, -0.1) is 0 Å². The second kappa shape index (κ2) is 5.46. The minimum Gasteiger partial charge on any atom is -0.342 e. The van der Waals surface area contributed by atoms with Crippen molar-refractivity contribution in [3.63, 3.8) is 0 Å². The Kier molecular flexibility index (Phi) is 4.24. The van der Waals surface area contributed by atoms with Crippen molar-refractivity contribution in [2.24, 2.45) is 5.73 Å². The number of likely N-dealkylation sites (N-methyl/N-ethyl adjacent to an activating group) is 1. The summed E-state index contributed by atoms with van der Waals surface area (Å²) in [6.07, 6.45) is 1.64. The van der Waals surface area contributed by atoms with Crippen molar-refractivity contribution in [1.82, 2.24) is 9.88 Å². The lowest BCUT2D eigenvalue weighted by Gasteiger charge is -2.22. The summed E-state index contributed by atoms with van der Waals surface area (Å²) in [5.74, 6) is -0.0706. The number of hydrogen-bond acceptors (Lipinski definition) is 3. The third kappa shape index (κ3) is 2.76. The van der Waals surface area contributed by atoms with Crippen molar-refractivity contribution in [2.45, 2.75) is 19.9 Å². The van der Waals surface area contributed by atoms with E-state index in [1.165, 1.54) is 0 Å². The first kappa shape index (κ1) is 11.7. The van der Waals surface area contributed by atoms with Crippen molar-refractivity contribution in [3.8, 4) is 0 Å². The summed E-state index contributed by atoms with van der Waals surface area (Å²) in [5, 5.41) is 0. The monoisotopic (exact) mass is 207 g/mol. The van der Waals surface area contributed by atoms with Gasteiger partial charge < -0.3 is 10.6 Å². The predicted octanol–water partition coefficient (Wildman–Crippen LogP) is 0.950. The topological polar surface area (TPSA) is 59.2 Å². The van der Waals surface area contributed by atoms with E-state index in [2.05, 4.69) is 4.98 Å². The number of rotatable bonds is 4. The predicted molar refractivity (Wildman–Crippen MR) is 59.1 cm³/mol. The van der Waals surface area contributed by atoms with Gasteiger partial charge in [0.15, 0.2) is 0 Å². The first-order chi connectivity index (χ1) is 7.20. The summed E-state index contributed by atoms with van der Waals surface area (Å²) in [4.78, 5) is 17.7. The summed E-state index contributed by atoms with van der Waals surface area (Å²) >= 11 is 0. The zero-order chi connectivity index (χ0) is 11.3. The smallest absolute Gasteiger partial charge is 0.245 e. The average Bonchev–Trinajstić information content (AvgIpc) is 2.30. The largest absolute Gasteiger partial charge is 0.342 e. The van der Waals surface area contributed by atoms with Gasteiger partial charge in [0.05, 0.1) is 5.69 Å². The summed E-state index contributed by atoms with van der Waals surface area (Å²) < 4.78 is 0. The van der Waals surface area contributed by atoms with Crippen molar-refractivity contribution in [2.75, 3.05) is 13.1 Å². The lowest BCUT2D eigenvalue weighted by molar-refractivity contribution is -0.132.